The van der Waals surface area contributed by atoms with E-state index in [9.17, 15) is 8.42 Å². The van der Waals surface area contributed by atoms with Crippen LogP contribution in [0.3, 0.4) is 0 Å². The number of para-hydroxylation sites is 1. The summed E-state index contributed by atoms with van der Waals surface area (Å²) in [6.45, 7) is 8.20. The Morgan fingerprint density at radius 3 is 2.51 bits per heavy atom. The van der Waals surface area contributed by atoms with Gasteiger partial charge in [0.1, 0.15) is 4.90 Å². The molecule has 6 rings (SSSR count). The van der Waals surface area contributed by atoms with Crippen molar-refractivity contribution in [2.45, 2.75) is 24.2 Å². The van der Waals surface area contributed by atoms with Gasteiger partial charge in [0.15, 0.2) is 5.82 Å². The minimum atomic E-state index is -3.92. The van der Waals surface area contributed by atoms with E-state index in [1.165, 1.54) is 9.99 Å². The van der Waals surface area contributed by atoms with Gasteiger partial charge in [-0.25, -0.2) is 17.7 Å². The fourth-order valence-electron chi connectivity index (χ4n) is 5.03. The third kappa shape index (κ3) is 4.25. The topological polar surface area (TPSA) is 103 Å². The van der Waals surface area contributed by atoms with Crippen molar-refractivity contribution in [2.75, 3.05) is 47.2 Å². The maximum absolute atomic E-state index is 14.0. The molecule has 2 aliphatic heterocycles. The Bertz CT molecular complexity index is 1560. The van der Waals surface area contributed by atoms with Gasteiger partial charge in [-0.1, -0.05) is 32.0 Å². The number of anilines is 4. The maximum atomic E-state index is 14.0. The predicted molar refractivity (Wildman–Crippen MR) is 146 cm³/mol. The van der Waals surface area contributed by atoms with Gasteiger partial charge in [0.05, 0.1) is 5.52 Å². The number of hydrogen-bond donors (Lipinski definition) is 2. The van der Waals surface area contributed by atoms with Gasteiger partial charge in [0.2, 0.25) is 5.95 Å². The van der Waals surface area contributed by atoms with E-state index >= 15 is 0 Å². The Morgan fingerprint density at radius 2 is 1.73 bits per heavy atom. The molecule has 10 heteroatoms. The van der Waals surface area contributed by atoms with E-state index in [4.69, 9.17) is 4.98 Å². The first-order chi connectivity index (χ1) is 17.8. The molecule has 9 nitrogen and oxygen atoms in total. The fraction of sp³-hybridized carbons (Fsp3) is 0.296. The van der Waals surface area contributed by atoms with E-state index in [0.717, 1.165) is 42.8 Å². The summed E-state index contributed by atoms with van der Waals surface area (Å²) < 4.78 is 29.3. The Morgan fingerprint density at radius 1 is 0.973 bits per heavy atom. The molecule has 2 aromatic heterocycles. The van der Waals surface area contributed by atoms with Crippen LogP contribution in [0.1, 0.15) is 19.4 Å². The zero-order valence-electron chi connectivity index (χ0n) is 20.8. The summed E-state index contributed by atoms with van der Waals surface area (Å²) in [5.41, 5.74) is 2.81. The molecule has 0 aliphatic carbocycles. The number of nitrogens with zero attached hydrogens (tertiary/aromatic N) is 5. The van der Waals surface area contributed by atoms with E-state index in [1.807, 2.05) is 38.1 Å². The number of rotatable bonds is 5. The number of benzene rings is 2. The number of hydrogen-bond acceptors (Lipinski definition) is 8. The molecule has 0 radical (unpaired) electrons. The third-order valence-electron chi connectivity index (χ3n) is 7.04. The van der Waals surface area contributed by atoms with Gasteiger partial charge in [-0.05, 0) is 36.4 Å². The van der Waals surface area contributed by atoms with Crippen LogP contribution in [0.15, 0.2) is 71.9 Å². The first-order valence-electron chi connectivity index (χ1n) is 12.4. The maximum Gasteiger partial charge on any atom is 0.267 e. The number of aromatic nitrogens is 3. The van der Waals surface area contributed by atoms with Gasteiger partial charge in [0, 0.05) is 72.9 Å². The van der Waals surface area contributed by atoms with Crippen LogP contribution in [-0.2, 0) is 15.4 Å². The molecular formula is C27H29N7O2S. The summed E-state index contributed by atoms with van der Waals surface area (Å²) in [6, 6.07) is 17.0. The number of nitrogens with one attached hydrogen (secondary N) is 2. The molecule has 1 saturated heterocycles. The van der Waals surface area contributed by atoms with E-state index in [2.05, 4.69) is 37.6 Å². The first-order valence-corrected chi connectivity index (χ1v) is 13.8. The second kappa shape index (κ2) is 8.97. The number of fused-ring (bicyclic) bond motifs is 2. The zero-order chi connectivity index (χ0) is 25.6. The van der Waals surface area contributed by atoms with Crippen molar-refractivity contribution >= 4 is 44.1 Å². The average molecular weight is 516 g/mol. The van der Waals surface area contributed by atoms with Gasteiger partial charge >= 0.3 is 0 Å². The van der Waals surface area contributed by atoms with Gasteiger partial charge in [-0.15, -0.1) is 0 Å². The van der Waals surface area contributed by atoms with Crippen molar-refractivity contribution in [1.82, 2.24) is 20.3 Å². The number of sulfonamides is 1. The highest BCUT2D eigenvalue weighted by atomic mass is 32.2. The van der Waals surface area contributed by atoms with Crippen LogP contribution in [0.4, 0.5) is 23.1 Å². The molecular weight excluding hydrogens is 486 g/mol. The van der Waals surface area contributed by atoms with Crippen LogP contribution in [0.2, 0.25) is 0 Å². The second-order valence-electron chi connectivity index (χ2n) is 10.1. The fourth-order valence-corrected chi connectivity index (χ4v) is 6.79. The normalized spacial score (nSPS) is 17.1. The van der Waals surface area contributed by atoms with Crippen LogP contribution in [0.25, 0.3) is 10.9 Å². The lowest BCUT2D eigenvalue weighted by atomic mass is 9.89. The highest BCUT2D eigenvalue weighted by Gasteiger charge is 2.43. The molecule has 2 aromatic carbocycles. The summed E-state index contributed by atoms with van der Waals surface area (Å²) >= 11 is 0. The summed E-state index contributed by atoms with van der Waals surface area (Å²) in [7, 11) is -3.92. The lowest BCUT2D eigenvalue weighted by Crippen LogP contribution is -2.43. The van der Waals surface area contributed by atoms with Crippen molar-refractivity contribution in [2.24, 2.45) is 0 Å². The Hall–Kier alpha value is -3.76. The highest BCUT2D eigenvalue weighted by Crippen LogP contribution is 2.42. The van der Waals surface area contributed by atoms with E-state index in [-0.39, 0.29) is 11.4 Å². The standard InChI is InChI=1S/C27H29N7O2S/c1-27(2)18-34(37(35,36)23-7-3-5-19-6-4-12-29-24(19)23)25-22(27)17-30-26(32-25)31-20-8-10-21(11-9-20)33-15-13-28-14-16-33/h3-12,17,28H,13-16,18H2,1-2H3,(H,30,31,32). The van der Waals surface area contributed by atoms with Gasteiger partial charge in [-0.3, -0.25) is 4.98 Å². The molecule has 0 unspecified atom stereocenters. The van der Waals surface area contributed by atoms with E-state index in [1.54, 1.807) is 30.6 Å². The lowest BCUT2D eigenvalue weighted by Gasteiger charge is -2.29. The zero-order valence-corrected chi connectivity index (χ0v) is 21.7. The van der Waals surface area contributed by atoms with Crippen molar-refractivity contribution in [1.29, 1.82) is 0 Å². The Kier molecular flexibility index (Phi) is 5.73. The lowest BCUT2D eigenvalue weighted by molar-refractivity contribution is 0.554. The second-order valence-corrected chi connectivity index (χ2v) is 11.9. The highest BCUT2D eigenvalue weighted by molar-refractivity contribution is 7.93. The molecule has 0 amide bonds. The molecule has 0 saturated carbocycles. The SMILES string of the molecule is CC1(C)CN(S(=O)(=O)c2cccc3cccnc23)c2nc(Nc3ccc(N4CCNCC4)cc3)ncc21. The largest absolute Gasteiger partial charge is 0.369 e. The van der Waals surface area contributed by atoms with E-state index < -0.39 is 15.4 Å². The van der Waals surface area contributed by atoms with E-state index in [0.29, 0.717) is 17.3 Å². The minimum Gasteiger partial charge on any atom is -0.369 e. The number of piperazine rings is 1. The quantitative estimate of drug-likeness (QED) is 0.415. The van der Waals surface area contributed by atoms with Crippen LogP contribution in [0, 0.1) is 0 Å². The average Bonchev–Trinajstić information content (AvgIpc) is 3.20. The molecule has 1 fully saturated rings. The summed E-state index contributed by atoms with van der Waals surface area (Å²) in [4.78, 5) is 16.1. The van der Waals surface area contributed by atoms with Crippen molar-refractivity contribution < 1.29 is 8.42 Å². The Balaban J connectivity index is 1.32. The molecule has 190 valence electrons. The predicted octanol–water partition coefficient (Wildman–Crippen LogP) is 3.66. The van der Waals surface area contributed by atoms with Gasteiger partial charge < -0.3 is 15.5 Å². The Labute approximate surface area is 216 Å². The molecule has 0 spiro atoms. The number of pyridine rings is 1. The van der Waals surface area contributed by atoms with Crippen LogP contribution < -0.4 is 19.8 Å². The van der Waals surface area contributed by atoms with Gasteiger partial charge in [-0.2, -0.15) is 4.98 Å². The smallest absolute Gasteiger partial charge is 0.267 e. The summed E-state index contributed by atoms with van der Waals surface area (Å²) in [5.74, 6) is 0.746. The van der Waals surface area contributed by atoms with Crippen LogP contribution in [-0.4, -0.2) is 56.1 Å². The molecule has 2 N–H and O–H groups in total. The summed E-state index contributed by atoms with van der Waals surface area (Å²) in [6.07, 6.45) is 3.34. The molecule has 0 bridgehead atoms. The minimum absolute atomic E-state index is 0.172. The molecule has 37 heavy (non-hydrogen) atoms. The summed E-state index contributed by atoms with van der Waals surface area (Å²) in [5, 5.41) is 7.39. The van der Waals surface area contributed by atoms with Crippen molar-refractivity contribution in [3.63, 3.8) is 0 Å². The third-order valence-corrected chi connectivity index (χ3v) is 8.81. The van der Waals surface area contributed by atoms with Crippen molar-refractivity contribution in [3.05, 3.63) is 72.6 Å². The van der Waals surface area contributed by atoms with Gasteiger partial charge in [0.25, 0.3) is 10.0 Å². The monoisotopic (exact) mass is 515 g/mol. The molecule has 2 aliphatic rings. The molecule has 4 heterocycles. The molecule has 4 aromatic rings. The first kappa shape index (κ1) is 23.6. The van der Waals surface area contributed by atoms with Crippen molar-refractivity contribution in [3.8, 4) is 0 Å². The molecule has 0 atom stereocenters. The van der Waals surface area contributed by atoms with Crippen LogP contribution >= 0.6 is 0 Å². The van der Waals surface area contributed by atoms with Crippen LogP contribution in [0.5, 0.6) is 0 Å².